The van der Waals surface area contributed by atoms with Gasteiger partial charge in [-0.15, -0.1) is 0 Å². The zero-order valence-electron chi connectivity index (χ0n) is 8.97. The summed E-state index contributed by atoms with van der Waals surface area (Å²) in [5.41, 5.74) is 0. The third kappa shape index (κ3) is 3.62. The molecule has 0 bridgehead atoms. The quantitative estimate of drug-likeness (QED) is 0.555. The van der Waals surface area contributed by atoms with Crippen molar-refractivity contribution in [1.82, 2.24) is 10.6 Å². The molecule has 0 radical (unpaired) electrons. The third-order valence-electron chi connectivity index (χ3n) is 2.39. The van der Waals surface area contributed by atoms with Crippen molar-refractivity contribution in [2.24, 2.45) is 4.99 Å². The molecule has 0 aromatic heterocycles. The first-order chi connectivity index (χ1) is 6.76. The Bertz CT molecular complexity index is 219. The summed E-state index contributed by atoms with van der Waals surface area (Å²) in [5, 5.41) is 7.43. The van der Waals surface area contributed by atoms with Gasteiger partial charge in [0.05, 0.1) is 5.82 Å². The van der Waals surface area contributed by atoms with Gasteiger partial charge in [0.25, 0.3) is 0 Å². The van der Waals surface area contributed by atoms with Crippen LogP contribution in [0.5, 0.6) is 0 Å². The zero-order valence-corrected chi connectivity index (χ0v) is 9.78. The van der Waals surface area contributed by atoms with Gasteiger partial charge in [-0.25, -0.2) is 0 Å². The maximum Gasteiger partial charge on any atom is 0.161 e. The minimum absolute atomic E-state index is 0.606. The van der Waals surface area contributed by atoms with Crippen LogP contribution in [0.1, 0.15) is 25.7 Å². The summed E-state index contributed by atoms with van der Waals surface area (Å²) in [5.74, 6) is 0.867. The lowest BCUT2D eigenvalue weighted by molar-refractivity contribution is 0.573. The summed E-state index contributed by atoms with van der Waals surface area (Å²) in [6.07, 6.45) is 7.19. The lowest BCUT2D eigenvalue weighted by Crippen LogP contribution is -2.34. The van der Waals surface area contributed by atoms with E-state index in [1.807, 2.05) is 6.26 Å². The third-order valence-corrected chi connectivity index (χ3v) is 3.06. The molecule has 80 valence electrons. The normalized spacial score (nSPS) is 18.3. The summed E-state index contributed by atoms with van der Waals surface area (Å²) in [6, 6.07) is 0.606. The highest BCUT2D eigenvalue weighted by molar-refractivity contribution is 8.13. The summed E-state index contributed by atoms with van der Waals surface area (Å²) in [6.45, 7) is 3.94. The first-order valence-corrected chi connectivity index (χ1v) is 6.22. The minimum Gasteiger partial charge on any atom is -0.369 e. The van der Waals surface area contributed by atoms with E-state index in [2.05, 4.69) is 22.2 Å². The number of nitrogens with zero attached hydrogens (tertiary/aromatic N) is 1. The van der Waals surface area contributed by atoms with Crippen LogP contribution in [-0.4, -0.2) is 24.5 Å². The van der Waals surface area contributed by atoms with Crippen molar-refractivity contribution < 1.29 is 0 Å². The van der Waals surface area contributed by atoms with Gasteiger partial charge in [0.15, 0.2) is 5.17 Å². The highest BCUT2D eigenvalue weighted by Gasteiger charge is 2.14. The molecular formula is C10H19N3S. The summed E-state index contributed by atoms with van der Waals surface area (Å²) < 4.78 is 0. The Morgan fingerprint density at radius 2 is 2.07 bits per heavy atom. The first-order valence-electron chi connectivity index (χ1n) is 4.99. The molecule has 0 atom stereocenters. The van der Waals surface area contributed by atoms with E-state index in [0.29, 0.717) is 6.04 Å². The molecule has 1 saturated carbocycles. The number of thioether (sulfide) groups is 1. The molecule has 0 spiro atoms. The average molecular weight is 213 g/mol. The van der Waals surface area contributed by atoms with Gasteiger partial charge < -0.3 is 10.6 Å². The van der Waals surface area contributed by atoms with Gasteiger partial charge in [0.2, 0.25) is 0 Å². The Labute approximate surface area is 90.4 Å². The molecule has 2 N–H and O–H groups in total. The molecule has 0 aromatic rings. The number of amidine groups is 1. The molecule has 14 heavy (non-hydrogen) atoms. The molecule has 0 unspecified atom stereocenters. The molecule has 0 saturated heterocycles. The van der Waals surface area contributed by atoms with Crippen LogP contribution in [-0.2, 0) is 0 Å². The van der Waals surface area contributed by atoms with Gasteiger partial charge >= 0.3 is 0 Å². The largest absolute Gasteiger partial charge is 0.369 e. The lowest BCUT2D eigenvalue weighted by Gasteiger charge is -2.17. The van der Waals surface area contributed by atoms with Crippen LogP contribution in [0.15, 0.2) is 17.4 Å². The molecule has 3 nitrogen and oxygen atoms in total. The van der Waals surface area contributed by atoms with Gasteiger partial charge in [-0.2, -0.15) is 0 Å². The molecular weight excluding hydrogens is 194 g/mol. The van der Waals surface area contributed by atoms with Crippen molar-refractivity contribution in [3.63, 3.8) is 0 Å². The second-order valence-electron chi connectivity index (χ2n) is 3.46. The average Bonchev–Trinajstić information content (AvgIpc) is 2.66. The molecule has 1 fully saturated rings. The van der Waals surface area contributed by atoms with Crippen LogP contribution in [0.25, 0.3) is 0 Å². The molecule has 4 heteroatoms. The van der Waals surface area contributed by atoms with Crippen LogP contribution in [0, 0.1) is 0 Å². The van der Waals surface area contributed by atoms with E-state index in [4.69, 9.17) is 0 Å². The predicted octanol–water partition coefficient (Wildman–Crippen LogP) is 1.93. The van der Waals surface area contributed by atoms with Crippen LogP contribution in [0.2, 0.25) is 0 Å². The van der Waals surface area contributed by atoms with E-state index in [1.54, 1.807) is 18.8 Å². The van der Waals surface area contributed by atoms with E-state index in [1.165, 1.54) is 25.7 Å². The van der Waals surface area contributed by atoms with E-state index in [0.717, 1.165) is 11.0 Å². The molecule has 0 amide bonds. The fourth-order valence-corrected chi connectivity index (χ4v) is 2.09. The van der Waals surface area contributed by atoms with Gasteiger partial charge in [-0.3, -0.25) is 4.99 Å². The van der Waals surface area contributed by atoms with E-state index < -0.39 is 0 Å². The highest BCUT2D eigenvalue weighted by Crippen LogP contribution is 2.18. The Morgan fingerprint density at radius 1 is 1.43 bits per heavy atom. The minimum atomic E-state index is 0.606. The van der Waals surface area contributed by atoms with E-state index in [9.17, 15) is 0 Å². The molecule has 1 aliphatic rings. The van der Waals surface area contributed by atoms with Crippen molar-refractivity contribution >= 4 is 16.9 Å². The molecule has 0 heterocycles. The van der Waals surface area contributed by atoms with Crippen molar-refractivity contribution in [3.8, 4) is 0 Å². The van der Waals surface area contributed by atoms with Crippen LogP contribution < -0.4 is 10.6 Å². The maximum absolute atomic E-state index is 4.09. The Balaban J connectivity index is 2.27. The Kier molecular flexibility index (Phi) is 4.87. The van der Waals surface area contributed by atoms with Gasteiger partial charge in [-0.1, -0.05) is 31.2 Å². The number of hydrogen-bond acceptors (Lipinski definition) is 3. The summed E-state index contributed by atoms with van der Waals surface area (Å²) in [4.78, 5) is 4.09. The summed E-state index contributed by atoms with van der Waals surface area (Å²) in [7, 11) is 1.78. The standard InChI is InChI=1S/C10H19N3S/c1-8(13-10(11-2)14-3)12-9-6-4-5-7-9/h9,12H,1,4-7H2,2-3H3,(H,11,13). The molecule has 0 aromatic carbocycles. The summed E-state index contributed by atoms with van der Waals surface area (Å²) >= 11 is 1.59. The highest BCUT2D eigenvalue weighted by atomic mass is 32.2. The Morgan fingerprint density at radius 3 is 2.57 bits per heavy atom. The second-order valence-corrected chi connectivity index (χ2v) is 4.26. The second kappa shape index (κ2) is 5.96. The molecule has 0 aliphatic heterocycles. The van der Waals surface area contributed by atoms with Crippen molar-refractivity contribution in [3.05, 3.63) is 12.4 Å². The zero-order chi connectivity index (χ0) is 10.4. The van der Waals surface area contributed by atoms with Gasteiger partial charge in [0.1, 0.15) is 0 Å². The van der Waals surface area contributed by atoms with E-state index >= 15 is 0 Å². The maximum atomic E-state index is 4.09. The van der Waals surface area contributed by atoms with Crippen LogP contribution in [0.4, 0.5) is 0 Å². The number of hydrogen-bond donors (Lipinski definition) is 2. The number of nitrogens with one attached hydrogen (secondary N) is 2. The predicted molar refractivity (Wildman–Crippen MR) is 64.5 cm³/mol. The smallest absolute Gasteiger partial charge is 0.161 e. The first kappa shape index (κ1) is 11.4. The van der Waals surface area contributed by atoms with Crippen LogP contribution in [0.3, 0.4) is 0 Å². The topological polar surface area (TPSA) is 36.4 Å². The van der Waals surface area contributed by atoms with Gasteiger partial charge in [0, 0.05) is 13.1 Å². The number of aliphatic imine (C=N–C) groups is 1. The van der Waals surface area contributed by atoms with E-state index in [-0.39, 0.29) is 0 Å². The van der Waals surface area contributed by atoms with Crippen LogP contribution >= 0.6 is 11.8 Å². The van der Waals surface area contributed by atoms with Crippen molar-refractivity contribution in [2.75, 3.05) is 13.3 Å². The fraction of sp³-hybridized carbons (Fsp3) is 0.700. The van der Waals surface area contributed by atoms with Crippen molar-refractivity contribution in [2.45, 2.75) is 31.7 Å². The molecule has 1 aliphatic carbocycles. The monoisotopic (exact) mass is 213 g/mol. The van der Waals surface area contributed by atoms with Crippen molar-refractivity contribution in [1.29, 1.82) is 0 Å². The number of rotatable bonds is 3. The molecule has 1 rings (SSSR count). The lowest BCUT2D eigenvalue weighted by atomic mass is 10.2. The van der Waals surface area contributed by atoms with Gasteiger partial charge in [-0.05, 0) is 19.1 Å². The fourth-order valence-electron chi connectivity index (χ4n) is 1.68. The Hall–Kier alpha value is -0.640. The SMILES string of the molecule is C=C(NC(=NC)SC)NC1CCCC1.